The molecule has 0 bridgehead atoms. The van der Waals surface area contributed by atoms with Gasteiger partial charge in [-0.25, -0.2) is 4.90 Å². The van der Waals surface area contributed by atoms with Crippen molar-refractivity contribution in [2.24, 2.45) is 17.3 Å². The number of anilines is 1. The summed E-state index contributed by atoms with van der Waals surface area (Å²) in [5, 5.41) is 11.2. The van der Waals surface area contributed by atoms with Crippen LogP contribution >= 0.6 is 0 Å². The van der Waals surface area contributed by atoms with Crippen LogP contribution in [0.4, 0.5) is 11.4 Å². The van der Waals surface area contributed by atoms with Crippen LogP contribution in [0.3, 0.4) is 0 Å². The third kappa shape index (κ3) is 3.01. The Hall–Kier alpha value is -3.81. The number of carbonyl (C=O) groups excluding carboxylic acids is 3. The van der Waals surface area contributed by atoms with Crippen LogP contribution in [0, 0.1) is 34.3 Å². The number of rotatable bonds is 3. The summed E-state index contributed by atoms with van der Waals surface area (Å²) in [5.74, 6) is -2.48. The van der Waals surface area contributed by atoms with Gasteiger partial charge in [0.2, 0.25) is 11.8 Å². The van der Waals surface area contributed by atoms with E-state index in [4.69, 9.17) is 0 Å². The topological polar surface area (TPSA) is 101 Å². The Bertz CT molecular complexity index is 1290. The van der Waals surface area contributed by atoms with Crippen LogP contribution in [-0.2, 0) is 14.4 Å². The third-order valence-corrected chi connectivity index (χ3v) is 7.10. The van der Waals surface area contributed by atoms with Crippen molar-refractivity contribution in [2.75, 3.05) is 4.90 Å². The van der Waals surface area contributed by atoms with Crippen molar-refractivity contribution in [3.63, 3.8) is 0 Å². The molecule has 0 saturated carbocycles. The molecule has 0 radical (unpaired) electrons. The van der Waals surface area contributed by atoms with Crippen molar-refractivity contribution in [3.05, 3.63) is 75.5 Å². The Morgan fingerprint density at radius 2 is 1.71 bits per heavy atom. The number of nitrogens with zero attached hydrogens (tertiary/aromatic N) is 3. The molecular formula is C26H25N3O5. The molecule has 3 aliphatic heterocycles. The van der Waals surface area contributed by atoms with E-state index in [1.807, 2.05) is 62.2 Å². The Morgan fingerprint density at radius 3 is 2.35 bits per heavy atom. The summed E-state index contributed by atoms with van der Waals surface area (Å²) in [6.45, 7) is 7.09. The lowest BCUT2D eigenvalue weighted by Crippen LogP contribution is -2.47. The standard InChI is InChI=1S/C26H25N3O5/c1-14-13-16(29(33)34)9-10-18(14)28-24(31)19-20(25(28)32)22(23(30)26(2,3)4)27-12-11-15-7-5-6-8-17(15)21(19)27/h5-13,19-22H,1-4H3/t19-,20+,21+,22+/m0/s1. The van der Waals surface area contributed by atoms with Gasteiger partial charge >= 0.3 is 0 Å². The first-order valence-corrected chi connectivity index (χ1v) is 11.2. The van der Waals surface area contributed by atoms with E-state index in [9.17, 15) is 24.5 Å². The minimum absolute atomic E-state index is 0.0996. The fourth-order valence-corrected chi connectivity index (χ4v) is 5.54. The Kier molecular flexibility index (Phi) is 4.76. The molecule has 34 heavy (non-hydrogen) atoms. The van der Waals surface area contributed by atoms with Gasteiger partial charge in [-0.05, 0) is 35.8 Å². The van der Waals surface area contributed by atoms with Crippen LogP contribution in [-0.4, -0.2) is 33.5 Å². The van der Waals surface area contributed by atoms with Gasteiger partial charge in [-0.15, -0.1) is 0 Å². The summed E-state index contributed by atoms with van der Waals surface area (Å²) in [6, 6.07) is 10.6. The Morgan fingerprint density at radius 1 is 1.03 bits per heavy atom. The lowest BCUT2D eigenvalue weighted by atomic mass is 9.79. The quantitative estimate of drug-likeness (QED) is 0.390. The zero-order valence-corrected chi connectivity index (χ0v) is 19.4. The van der Waals surface area contributed by atoms with Gasteiger partial charge in [0.1, 0.15) is 6.04 Å². The van der Waals surface area contributed by atoms with E-state index in [-0.39, 0.29) is 17.4 Å². The average molecular weight is 460 g/mol. The van der Waals surface area contributed by atoms with Crippen molar-refractivity contribution in [3.8, 4) is 0 Å². The number of carbonyl (C=O) groups is 3. The molecule has 8 nitrogen and oxygen atoms in total. The number of aryl methyl sites for hydroxylation is 1. The maximum absolute atomic E-state index is 13.9. The molecule has 0 aromatic heterocycles. The molecule has 5 rings (SSSR count). The number of amides is 2. The van der Waals surface area contributed by atoms with Crippen LogP contribution in [0.25, 0.3) is 6.08 Å². The summed E-state index contributed by atoms with van der Waals surface area (Å²) in [4.78, 5) is 55.0. The fraction of sp³-hybridized carbons (Fsp3) is 0.346. The molecule has 8 heteroatoms. The second kappa shape index (κ2) is 7.35. The normalized spacial score (nSPS) is 25.3. The summed E-state index contributed by atoms with van der Waals surface area (Å²) < 4.78 is 0. The maximum atomic E-state index is 13.9. The molecule has 0 unspecified atom stereocenters. The number of hydrogen-bond donors (Lipinski definition) is 0. The van der Waals surface area contributed by atoms with Crippen molar-refractivity contribution >= 4 is 35.0 Å². The second-order valence-corrected chi connectivity index (χ2v) is 10.2. The zero-order valence-electron chi connectivity index (χ0n) is 19.4. The predicted octanol–water partition coefficient (Wildman–Crippen LogP) is 4.03. The molecule has 2 amide bonds. The highest BCUT2D eigenvalue weighted by Gasteiger charge is 2.65. The van der Waals surface area contributed by atoms with Gasteiger partial charge in [0, 0.05) is 23.7 Å². The zero-order chi connectivity index (χ0) is 24.5. The Balaban J connectivity index is 1.65. The molecule has 3 aliphatic rings. The van der Waals surface area contributed by atoms with Crippen LogP contribution in [0.15, 0.2) is 48.7 Å². The lowest BCUT2D eigenvalue weighted by molar-refractivity contribution is -0.384. The first-order chi connectivity index (χ1) is 16.0. The Labute approximate surface area is 197 Å². The van der Waals surface area contributed by atoms with Crippen molar-refractivity contribution in [1.29, 1.82) is 0 Å². The number of imide groups is 1. The van der Waals surface area contributed by atoms with Gasteiger partial charge in [0.05, 0.1) is 28.5 Å². The number of non-ortho nitro benzene ring substituents is 1. The molecule has 2 aromatic rings. The van der Waals surface area contributed by atoms with Crippen LogP contribution < -0.4 is 4.90 Å². The summed E-state index contributed by atoms with van der Waals surface area (Å²) >= 11 is 0. The van der Waals surface area contributed by atoms with E-state index in [0.717, 1.165) is 16.0 Å². The van der Waals surface area contributed by atoms with E-state index >= 15 is 0 Å². The number of Topliss-reactive ketones (excluding diaryl/α,β-unsaturated/α-hetero) is 1. The molecule has 2 saturated heterocycles. The molecule has 0 aliphatic carbocycles. The minimum atomic E-state index is -0.838. The summed E-state index contributed by atoms with van der Waals surface area (Å²) in [5.41, 5.74) is 1.82. The number of nitro groups is 1. The molecule has 0 N–H and O–H groups in total. The van der Waals surface area contributed by atoms with Crippen LogP contribution in [0.5, 0.6) is 0 Å². The number of hydrogen-bond acceptors (Lipinski definition) is 6. The lowest BCUT2D eigenvalue weighted by Gasteiger charge is -2.37. The van der Waals surface area contributed by atoms with Gasteiger partial charge in [0.15, 0.2) is 5.78 Å². The fourth-order valence-electron chi connectivity index (χ4n) is 5.54. The van der Waals surface area contributed by atoms with Crippen LogP contribution in [0.1, 0.15) is 43.5 Å². The van der Waals surface area contributed by atoms with E-state index in [0.29, 0.717) is 11.3 Å². The highest BCUT2D eigenvalue weighted by atomic mass is 16.6. The van der Waals surface area contributed by atoms with E-state index in [1.165, 1.54) is 18.2 Å². The highest BCUT2D eigenvalue weighted by molar-refractivity contribution is 6.24. The minimum Gasteiger partial charge on any atom is -0.359 e. The van der Waals surface area contributed by atoms with Gasteiger partial charge in [-0.1, -0.05) is 45.0 Å². The summed E-state index contributed by atoms with van der Waals surface area (Å²) in [7, 11) is 0. The number of nitro benzene ring substituents is 1. The molecular weight excluding hydrogens is 434 g/mol. The third-order valence-electron chi connectivity index (χ3n) is 7.10. The summed E-state index contributed by atoms with van der Waals surface area (Å²) in [6.07, 6.45) is 3.75. The van der Waals surface area contributed by atoms with E-state index in [1.54, 1.807) is 6.92 Å². The van der Waals surface area contributed by atoms with Gasteiger partial charge in [-0.3, -0.25) is 24.5 Å². The van der Waals surface area contributed by atoms with Crippen molar-refractivity contribution in [2.45, 2.75) is 39.8 Å². The number of benzene rings is 2. The van der Waals surface area contributed by atoms with Gasteiger partial charge < -0.3 is 4.90 Å². The first kappa shape index (κ1) is 22.0. The van der Waals surface area contributed by atoms with Crippen molar-refractivity contribution < 1.29 is 19.3 Å². The van der Waals surface area contributed by atoms with Crippen molar-refractivity contribution in [1.82, 2.24) is 4.90 Å². The molecule has 3 heterocycles. The molecule has 2 aromatic carbocycles. The second-order valence-electron chi connectivity index (χ2n) is 10.2. The molecule has 2 fully saturated rings. The SMILES string of the molecule is Cc1cc([N+](=O)[O-])ccc1N1C(=O)[C@@H]2[C@H](C1=O)[C@H]1c3ccccc3C=CN1[C@H]2C(=O)C(C)(C)C. The van der Waals surface area contributed by atoms with Gasteiger partial charge in [-0.2, -0.15) is 0 Å². The van der Waals surface area contributed by atoms with Crippen LogP contribution in [0.2, 0.25) is 0 Å². The first-order valence-electron chi connectivity index (χ1n) is 11.2. The molecule has 0 spiro atoms. The van der Waals surface area contributed by atoms with E-state index < -0.39 is 40.2 Å². The highest BCUT2D eigenvalue weighted by Crippen LogP contribution is 2.54. The monoisotopic (exact) mass is 459 g/mol. The average Bonchev–Trinajstić information content (AvgIpc) is 3.25. The molecule has 174 valence electrons. The predicted molar refractivity (Wildman–Crippen MR) is 126 cm³/mol. The molecule has 4 atom stereocenters. The maximum Gasteiger partial charge on any atom is 0.269 e. The number of fused-ring (bicyclic) bond motifs is 5. The smallest absolute Gasteiger partial charge is 0.269 e. The number of ketones is 1. The largest absolute Gasteiger partial charge is 0.359 e. The van der Waals surface area contributed by atoms with Gasteiger partial charge in [0.25, 0.3) is 5.69 Å². The van der Waals surface area contributed by atoms with E-state index in [2.05, 4.69) is 0 Å².